The predicted octanol–water partition coefficient (Wildman–Crippen LogP) is 9.39. The van der Waals surface area contributed by atoms with Gasteiger partial charge in [-0.1, -0.05) is 41.4 Å². The van der Waals surface area contributed by atoms with Crippen LogP contribution in [0.1, 0.15) is 71.9 Å². The SMILES string of the molecule is COc1c(C)cc(C)cc1S(=O)(=O)Nc1c(C)cc(C)c(N2CCCCC2)c1C.N#Cc1c(NS(=O)(=O)c2cc(Cl)cc(Cl)c2O)cccc1N1CCCCC1. The molecular weight excluding hydrogens is 794 g/mol. The maximum atomic E-state index is 13.4. The lowest BCUT2D eigenvalue weighted by atomic mass is 9.99. The van der Waals surface area contributed by atoms with Crippen molar-refractivity contribution in [2.45, 2.75) is 82.9 Å². The molecule has 0 unspecified atom stereocenters. The van der Waals surface area contributed by atoms with Crippen LogP contribution < -0.4 is 24.0 Å². The lowest BCUT2D eigenvalue weighted by Gasteiger charge is -2.33. The second-order valence-corrected chi connectivity index (χ2v) is 18.5. The Bertz CT molecular complexity index is 2370. The number of nitriles is 1. The molecule has 3 N–H and O–H groups in total. The molecule has 2 saturated heterocycles. The van der Waals surface area contributed by atoms with Gasteiger partial charge in [-0.25, -0.2) is 16.8 Å². The van der Waals surface area contributed by atoms with Crippen molar-refractivity contribution in [3.8, 4) is 17.6 Å². The number of phenolic OH excluding ortho intramolecular Hbond substituents is 1. The Labute approximate surface area is 341 Å². The molecular formula is C41H49Cl2N5O6S2. The van der Waals surface area contributed by atoms with Crippen LogP contribution in [0.4, 0.5) is 22.7 Å². The summed E-state index contributed by atoms with van der Waals surface area (Å²) < 4.78 is 62.9. The standard InChI is InChI=1S/C23H32N2O3S.C18H17Cl2N3O3S/c1-15-12-18(4)23(28-6)20(13-15)29(26,27)24-21-16(2)14-17(3)22(19(21)5)25-10-8-7-9-11-25;19-12-9-14(20)18(24)17(10-12)27(25,26)22-15-5-4-6-16(13(15)11-21)23-7-2-1-3-8-23/h12-14,24H,7-11H2,1-6H3;4-6,9-10,22,24H,1-3,7-8H2. The van der Waals surface area contributed by atoms with Gasteiger partial charge in [0.05, 0.1) is 34.8 Å². The normalized spacial score (nSPS) is 14.7. The van der Waals surface area contributed by atoms with Crippen molar-refractivity contribution < 1.29 is 26.7 Å². The molecule has 0 bridgehead atoms. The molecule has 0 aromatic heterocycles. The van der Waals surface area contributed by atoms with Crippen LogP contribution in [0.25, 0.3) is 0 Å². The Kier molecular flexibility index (Phi) is 13.6. The fraction of sp³-hybridized carbons (Fsp3) is 0.390. The quantitative estimate of drug-likeness (QED) is 0.150. The van der Waals surface area contributed by atoms with Gasteiger partial charge in [0, 0.05) is 36.9 Å². The topological polar surface area (TPSA) is 152 Å². The third-order valence-electron chi connectivity index (χ3n) is 10.1. The summed E-state index contributed by atoms with van der Waals surface area (Å²) in [5.41, 5.74) is 7.65. The van der Waals surface area contributed by atoms with Crippen LogP contribution in [0.5, 0.6) is 11.5 Å². The number of anilines is 4. The van der Waals surface area contributed by atoms with E-state index in [1.165, 1.54) is 44.1 Å². The molecule has 4 aromatic rings. The summed E-state index contributed by atoms with van der Waals surface area (Å²) in [5, 5.41) is 19.6. The maximum Gasteiger partial charge on any atom is 0.265 e. The molecule has 0 amide bonds. The molecule has 2 heterocycles. The molecule has 6 rings (SSSR count). The molecule has 11 nitrogen and oxygen atoms in total. The van der Waals surface area contributed by atoms with Crippen molar-refractivity contribution in [3.05, 3.63) is 92.0 Å². The summed E-state index contributed by atoms with van der Waals surface area (Å²) in [7, 11) is -6.50. The van der Waals surface area contributed by atoms with Crippen LogP contribution >= 0.6 is 23.2 Å². The number of rotatable bonds is 9. The number of nitrogens with one attached hydrogen (secondary N) is 2. The number of methoxy groups -OCH3 is 1. The van der Waals surface area contributed by atoms with Crippen molar-refractivity contribution in [2.75, 3.05) is 52.5 Å². The largest absolute Gasteiger partial charge is 0.505 e. The summed E-state index contributed by atoms with van der Waals surface area (Å²) in [6, 6.07) is 15.1. The Morgan fingerprint density at radius 3 is 1.96 bits per heavy atom. The second-order valence-electron chi connectivity index (χ2n) is 14.3. The van der Waals surface area contributed by atoms with Gasteiger partial charge in [0.25, 0.3) is 20.0 Å². The number of hydrogen-bond acceptors (Lipinski definition) is 9. The van der Waals surface area contributed by atoms with E-state index < -0.39 is 30.7 Å². The molecule has 2 aliphatic heterocycles. The Morgan fingerprint density at radius 2 is 1.36 bits per heavy atom. The molecule has 0 atom stereocenters. The number of hydrogen-bond donors (Lipinski definition) is 3. The Morgan fingerprint density at radius 1 is 0.750 bits per heavy atom. The van der Waals surface area contributed by atoms with E-state index in [0.29, 0.717) is 17.1 Å². The first-order valence-corrected chi connectivity index (χ1v) is 22.2. The highest BCUT2D eigenvalue weighted by atomic mass is 35.5. The van der Waals surface area contributed by atoms with Gasteiger partial charge in [-0.15, -0.1) is 0 Å². The van der Waals surface area contributed by atoms with Gasteiger partial charge in [-0.05, 0) is 131 Å². The monoisotopic (exact) mass is 841 g/mol. The minimum Gasteiger partial charge on any atom is -0.505 e. The molecule has 56 heavy (non-hydrogen) atoms. The van der Waals surface area contributed by atoms with Crippen LogP contribution in [-0.2, 0) is 20.0 Å². The van der Waals surface area contributed by atoms with Gasteiger partial charge in [-0.3, -0.25) is 9.44 Å². The zero-order valence-electron chi connectivity index (χ0n) is 32.6. The molecule has 0 aliphatic carbocycles. The predicted molar refractivity (Wildman–Crippen MR) is 226 cm³/mol. The summed E-state index contributed by atoms with van der Waals surface area (Å²) in [5.74, 6) is -0.207. The van der Waals surface area contributed by atoms with E-state index in [2.05, 4.69) is 38.3 Å². The molecule has 2 aliphatic rings. The molecule has 2 fully saturated rings. The van der Waals surface area contributed by atoms with E-state index in [1.807, 2.05) is 33.8 Å². The van der Waals surface area contributed by atoms with Gasteiger partial charge < -0.3 is 19.6 Å². The lowest BCUT2D eigenvalue weighted by molar-refractivity contribution is 0.399. The average Bonchev–Trinajstić information content (AvgIpc) is 3.15. The van der Waals surface area contributed by atoms with E-state index in [-0.39, 0.29) is 26.2 Å². The van der Waals surface area contributed by atoms with Gasteiger partial charge >= 0.3 is 0 Å². The lowest BCUT2D eigenvalue weighted by Crippen LogP contribution is -2.31. The zero-order chi connectivity index (χ0) is 40.9. The highest BCUT2D eigenvalue weighted by Crippen LogP contribution is 2.39. The fourth-order valence-corrected chi connectivity index (χ4v) is 10.9. The molecule has 4 aromatic carbocycles. The number of sulfonamides is 2. The number of halogens is 2. The van der Waals surface area contributed by atoms with Crippen molar-refractivity contribution in [1.82, 2.24) is 0 Å². The van der Waals surface area contributed by atoms with Gasteiger partial charge in [0.2, 0.25) is 0 Å². The highest BCUT2D eigenvalue weighted by molar-refractivity contribution is 7.93. The minimum absolute atomic E-state index is 0.0701. The number of aryl methyl sites for hydroxylation is 4. The van der Waals surface area contributed by atoms with Crippen LogP contribution in [0.15, 0.2) is 58.3 Å². The van der Waals surface area contributed by atoms with Crippen LogP contribution in [-0.4, -0.2) is 55.2 Å². The molecule has 0 radical (unpaired) electrons. The Balaban J connectivity index is 0.000000215. The van der Waals surface area contributed by atoms with Crippen LogP contribution in [0.2, 0.25) is 10.0 Å². The van der Waals surface area contributed by atoms with E-state index in [1.54, 1.807) is 18.2 Å². The first-order valence-electron chi connectivity index (χ1n) is 18.5. The van der Waals surface area contributed by atoms with Crippen molar-refractivity contribution in [2.24, 2.45) is 0 Å². The first kappa shape index (κ1) is 42.8. The second kappa shape index (κ2) is 17.8. The average molecular weight is 843 g/mol. The number of benzene rings is 4. The Hall–Kier alpha value is -4.35. The molecule has 0 saturated carbocycles. The van der Waals surface area contributed by atoms with E-state index in [0.717, 1.165) is 79.4 Å². The van der Waals surface area contributed by atoms with Gasteiger partial charge in [0.1, 0.15) is 21.6 Å². The van der Waals surface area contributed by atoms with Crippen molar-refractivity contribution in [1.29, 1.82) is 5.26 Å². The third kappa shape index (κ3) is 9.43. The molecule has 0 spiro atoms. The first-order chi connectivity index (χ1) is 26.5. The summed E-state index contributed by atoms with van der Waals surface area (Å²) in [4.78, 5) is 4.19. The summed E-state index contributed by atoms with van der Waals surface area (Å²) in [6.07, 6.45) is 6.79. The molecule has 300 valence electrons. The fourth-order valence-electron chi connectivity index (χ4n) is 7.59. The van der Waals surface area contributed by atoms with Crippen LogP contribution in [0, 0.1) is 45.9 Å². The number of ether oxygens (including phenoxy) is 1. The van der Waals surface area contributed by atoms with E-state index in [9.17, 15) is 27.2 Å². The van der Waals surface area contributed by atoms with Gasteiger partial charge in [-0.2, -0.15) is 5.26 Å². The maximum absolute atomic E-state index is 13.4. The molecule has 15 heteroatoms. The third-order valence-corrected chi connectivity index (χ3v) is 13.3. The highest BCUT2D eigenvalue weighted by Gasteiger charge is 2.27. The van der Waals surface area contributed by atoms with Gasteiger partial charge in [0.15, 0.2) is 5.75 Å². The zero-order valence-corrected chi connectivity index (χ0v) is 35.7. The van der Waals surface area contributed by atoms with Crippen molar-refractivity contribution in [3.63, 3.8) is 0 Å². The van der Waals surface area contributed by atoms with E-state index >= 15 is 0 Å². The summed E-state index contributed by atoms with van der Waals surface area (Å²) >= 11 is 11.7. The summed E-state index contributed by atoms with van der Waals surface area (Å²) in [6.45, 7) is 13.5. The number of aromatic hydroxyl groups is 1. The van der Waals surface area contributed by atoms with Crippen LogP contribution in [0.3, 0.4) is 0 Å². The number of phenols is 1. The number of nitrogens with zero attached hydrogens (tertiary/aromatic N) is 3. The number of piperidine rings is 2. The van der Waals surface area contributed by atoms with Crippen molar-refractivity contribution >= 4 is 66.0 Å². The smallest absolute Gasteiger partial charge is 0.265 e. The van der Waals surface area contributed by atoms with E-state index in [4.69, 9.17) is 27.9 Å². The minimum atomic E-state index is -4.21.